The number of carbonyl (C=O) groups is 3. The number of nitrogens with zero attached hydrogens (tertiary/aromatic N) is 1. The number of likely N-dealkylation sites (N-methyl/N-ethyl adjacent to an activating group) is 1. The van der Waals surface area contributed by atoms with Crippen LogP contribution in [0.3, 0.4) is 0 Å². The first-order valence-corrected chi connectivity index (χ1v) is 11.8. The molecule has 0 aromatic carbocycles. The summed E-state index contributed by atoms with van der Waals surface area (Å²) in [6.07, 6.45) is 4.54. The average Bonchev–Trinajstić information content (AvgIpc) is 3.11. The minimum absolute atomic E-state index is 0.258. The van der Waals surface area contributed by atoms with E-state index in [0.717, 1.165) is 25.7 Å². The van der Waals surface area contributed by atoms with Crippen molar-refractivity contribution in [1.82, 2.24) is 4.90 Å². The monoisotopic (exact) mass is 449 g/mol. The minimum atomic E-state index is -0.655. The molecule has 4 rings (SSSR count). The predicted octanol–water partition coefficient (Wildman–Crippen LogP) is 2.39. The Labute approximate surface area is 189 Å². The lowest BCUT2D eigenvalue weighted by Gasteiger charge is -2.32. The molecule has 8 nitrogen and oxygen atoms in total. The van der Waals surface area contributed by atoms with Crippen LogP contribution in [0.15, 0.2) is 11.6 Å². The molecule has 2 fully saturated rings. The van der Waals surface area contributed by atoms with Gasteiger partial charge in [-0.1, -0.05) is 33.1 Å². The molecular formula is C24H35NO7. The van der Waals surface area contributed by atoms with Crippen LogP contribution in [0.2, 0.25) is 0 Å². The van der Waals surface area contributed by atoms with Crippen molar-refractivity contribution < 1.29 is 33.3 Å². The lowest BCUT2D eigenvalue weighted by molar-refractivity contribution is -0.154. The maximum atomic E-state index is 12.9. The smallest absolute Gasteiger partial charge is 0.336 e. The van der Waals surface area contributed by atoms with Crippen molar-refractivity contribution in [3.05, 3.63) is 11.6 Å². The predicted molar refractivity (Wildman–Crippen MR) is 115 cm³/mol. The van der Waals surface area contributed by atoms with Gasteiger partial charge >= 0.3 is 17.9 Å². The molecule has 0 spiro atoms. The summed E-state index contributed by atoms with van der Waals surface area (Å²) < 4.78 is 23.5. The van der Waals surface area contributed by atoms with Crippen LogP contribution in [-0.2, 0) is 33.3 Å². The van der Waals surface area contributed by atoms with Crippen molar-refractivity contribution >= 4 is 17.9 Å². The van der Waals surface area contributed by atoms with Gasteiger partial charge in [0.25, 0.3) is 0 Å². The Morgan fingerprint density at radius 2 is 1.97 bits per heavy atom. The molecule has 1 unspecified atom stereocenters. The van der Waals surface area contributed by atoms with Gasteiger partial charge in [-0.2, -0.15) is 0 Å². The second-order valence-electron chi connectivity index (χ2n) is 10.1. The first-order valence-electron chi connectivity index (χ1n) is 11.8. The van der Waals surface area contributed by atoms with Crippen LogP contribution in [0, 0.1) is 11.8 Å². The van der Waals surface area contributed by atoms with Crippen LogP contribution >= 0.6 is 0 Å². The van der Waals surface area contributed by atoms with Crippen LogP contribution in [0.5, 0.6) is 0 Å². The molecule has 3 heterocycles. The molecular weight excluding hydrogens is 414 g/mol. The van der Waals surface area contributed by atoms with Gasteiger partial charge in [0.15, 0.2) is 6.10 Å². The normalized spacial score (nSPS) is 40.2. The fourth-order valence-electron chi connectivity index (χ4n) is 5.55. The maximum absolute atomic E-state index is 12.9. The molecule has 2 saturated heterocycles. The Balaban J connectivity index is 1.63. The van der Waals surface area contributed by atoms with Crippen LogP contribution in [0.1, 0.15) is 59.3 Å². The summed E-state index contributed by atoms with van der Waals surface area (Å²) in [4.78, 5) is 39.9. The fourth-order valence-corrected chi connectivity index (χ4v) is 5.55. The van der Waals surface area contributed by atoms with Crippen molar-refractivity contribution in [1.29, 1.82) is 0 Å². The summed E-state index contributed by atoms with van der Waals surface area (Å²) in [5, 5.41) is 0. The first kappa shape index (κ1) is 23.2. The van der Waals surface area contributed by atoms with Gasteiger partial charge in [-0.05, 0) is 33.5 Å². The summed E-state index contributed by atoms with van der Waals surface area (Å²) in [5.41, 5.74) is -0.149. The third kappa shape index (κ3) is 4.19. The maximum Gasteiger partial charge on any atom is 0.336 e. The third-order valence-corrected chi connectivity index (χ3v) is 7.38. The van der Waals surface area contributed by atoms with Crippen LogP contribution in [-0.4, -0.2) is 73.0 Å². The molecule has 0 N–H and O–H groups in total. The fraction of sp³-hybridized carbons (Fsp3) is 0.792. The van der Waals surface area contributed by atoms with E-state index in [9.17, 15) is 14.4 Å². The SMILES string of the molecule is CCCCCCC(=O)O[C@H]1[C@@H](N(C)C)C2=C[C@@H](OC2=O)[C@@H]2C(C)C(=O)O[C@H]2C[C@]2(C)O[C@@H]12. The lowest BCUT2D eigenvalue weighted by atomic mass is 9.79. The highest BCUT2D eigenvalue weighted by atomic mass is 16.6. The molecule has 4 aliphatic rings. The van der Waals surface area contributed by atoms with Crippen molar-refractivity contribution in [2.24, 2.45) is 11.8 Å². The third-order valence-electron chi connectivity index (χ3n) is 7.38. The number of esters is 3. The Kier molecular flexibility index (Phi) is 6.38. The molecule has 8 atom stereocenters. The van der Waals surface area contributed by atoms with Crippen LogP contribution in [0.25, 0.3) is 0 Å². The van der Waals surface area contributed by atoms with E-state index in [1.807, 2.05) is 32.8 Å². The molecule has 0 aromatic rings. The summed E-state index contributed by atoms with van der Waals surface area (Å²) in [6, 6.07) is -0.496. The number of hydrogen-bond acceptors (Lipinski definition) is 8. The zero-order chi connectivity index (χ0) is 23.2. The van der Waals surface area contributed by atoms with Gasteiger partial charge in [0.05, 0.1) is 23.1 Å². The average molecular weight is 450 g/mol. The zero-order valence-electron chi connectivity index (χ0n) is 19.7. The van der Waals surface area contributed by atoms with Gasteiger partial charge in [0.2, 0.25) is 0 Å². The Hall–Kier alpha value is -1.93. The summed E-state index contributed by atoms with van der Waals surface area (Å²) >= 11 is 0. The number of epoxide rings is 1. The van der Waals surface area contributed by atoms with E-state index < -0.39 is 42.0 Å². The standard InChI is InChI=1S/C24H35NO7/c1-6-7-8-9-10-17(26)31-20-19(25(4)5)14-11-15(29-23(14)28)18-13(2)22(27)30-16(18)12-24(3)21(20)32-24/h11,13,15-16,18-21H,6-10,12H2,1-5H3/t13?,15-,16+,18+,19+,20+,21+,24+/m1/s1. The molecule has 0 amide bonds. The zero-order valence-corrected chi connectivity index (χ0v) is 19.7. The van der Waals surface area contributed by atoms with E-state index >= 15 is 0 Å². The second kappa shape index (κ2) is 8.78. The van der Waals surface area contributed by atoms with E-state index in [-0.39, 0.29) is 23.8 Å². The molecule has 0 saturated carbocycles. The Bertz CT molecular complexity index is 808. The number of fused-ring (bicyclic) bond motifs is 4. The quantitative estimate of drug-likeness (QED) is 0.253. The topological polar surface area (TPSA) is 94.7 Å². The summed E-state index contributed by atoms with van der Waals surface area (Å²) in [6.45, 7) is 5.90. The number of carbonyl (C=O) groups excluding carboxylic acids is 3. The van der Waals surface area contributed by atoms with Gasteiger partial charge in [-0.15, -0.1) is 0 Å². The van der Waals surface area contributed by atoms with Gasteiger partial charge in [-0.25, -0.2) is 4.79 Å². The van der Waals surface area contributed by atoms with Crippen molar-refractivity contribution in [2.75, 3.05) is 14.1 Å². The van der Waals surface area contributed by atoms with Gasteiger partial charge in [-0.3, -0.25) is 14.5 Å². The largest absolute Gasteiger partial charge is 0.462 e. The molecule has 178 valence electrons. The van der Waals surface area contributed by atoms with Crippen molar-refractivity contribution in [3.63, 3.8) is 0 Å². The number of unbranched alkanes of at least 4 members (excludes halogenated alkanes) is 3. The Morgan fingerprint density at radius 3 is 2.66 bits per heavy atom. The molecule has 3 aliphatic heterocycles. The number of hydrogen-bond donors (Lipinski definition) is 0. The highest BCUT2D eigenvalue weighted by Gasteiger charge is 2.65. The van der Waals surface area contributed by atoms with E-state index in [1.165, 1.54) is 0 Å². The molecule has 32 heavy (non-hydrogen) atoms. The summed E-state index contributed by atoms with van der Waals surface area (Å²) in [5.74, 6) is -1.63. The molecule has 2 bridgehead atoms. The second-order valence-corrected chi connectivity index (χ2v) is 10.1. The van der Waals surface area contributed by atoms with E-state index in [2.05, 4.69) is 6.92 Å². The lowest BCUT2D eigenvalue weighted by Crippen LogP contribution is -2.49. The first-order chi connectivity index (χ1) is 15.2. The van der Waals surface area contributed by atoms with Crippen LogP contribution in [0.4, 0.5) is 0 Å². The highest BCUT2D eigenvalue weighted by molar-refractivity contribution is 5.93. The van der Waals surface area contributed by atoms with Crippen molar-refractivity contribution in [2.45, 2.75) is 95.4 Å². The van der Waals surface area contributed by atoms with E-state index in [0.29, 0.717) is 18.4 Å². The van der Waals surface area contributed by atoms with E-state index in [1.54, 1.807) is 6.08 Å². The molecule has 8 heteroatoms. The van der Waals surface area contributed by atoms with Crippen LogP contribution < -0.4 is 0 Å². The number of rotatable bonds is 7. The number of ether oxygens (including phenoxy) is 4. The van der Waals surface area contributed by atoms with E-state index in [4.69, 9.17) is 18.9 Å². The molecule has 0 radical (unpaired) electrons. The van der Waals surface area contributed by atoms with Gasteiger partial charge in [0.1, 0.15) is 18.3 Å². The van der Waals surface area contributed by atoms with Gasteiger partial charge in [0, 0.05) is 18.8 Å². The highest BCUT2D eigenvalue weighted by Crippen LogP contribution is 2.51. The van der Waals surface area contributed by atoms with Crippen molar-refractivity contribution in [3.8, 4) is 0 Å². The Morgan fingerprint density at radius 1 is 1.22 bits per heavy atom. The minimum Gasteiger partial charge on any atom is -0.462 e. The summed E-state index contributed by atoms with van der Waals surface area (Å²) in [7, 11) is 3.71. The molecule has 1 aliphatic carbocycles. The van der Waals surface area contributed by atoms with Gasteiger partial charge < -0.3 is 18.9 Å². The molecule has 0 aromatic heterocycles.